The van der Waals surface area contributed by atoms with Crippen LogP contribution in [0.1, 0.15) is 32.0 Å². The second kappa shape index (κ2) is 5.89. The Morgan fingerprint density at radius 1 is 1.30 bits per heavy atom. The van der Waals surface area contributed by atoms with Gasteiger partial charge < -0.3 is 9.64 Å². The minimum Gasteiger partial charge on any atom is -0.444 e. The summed E-state index contributed by atoms with van der Waals surface area (Å²) in [5.41, 5.74) is 3.48. The van der Waals surface area contributed by atoms with Gasteiger partial charge in [-0.1, -0.05) is 23.7 Å². The van der Waals surface area contributed by atoms with Crippen molar-refractivity contribution in [3.8, 4) is 11.3 Å². The first-order valence-electron chi connectivity index (χ1n) is 7.63. The van der Waals surface area contributed by atoms with Crippen molar-refractivity contribution < 1.29 is 9.53 Å². The molecule has 1 aromatic heterocycles. The number of nitrogens with one attached hydrogen (secondary N) is 1. The van der Waals surface area contributed by atoms with Crippen LogP contribution in [0.3, 0.4) is 0 Å². The Morgan fingerprint density at radius 2 is 2.00 bits per heavy atom. The molecule has 0 fully saturated rings. The molecule has 0 saturated carbocycles. The van der Waals surface area contributed by atoms with Crippen molar-refractivity contribution in [3.05, 3.63) is 40.5 Å². The summed E-state index contributed by atoms with van der Waals surface area (Å²) in [6.45, 7) is 6.74. The SMILES string of the molecule is CC(C)(C)OC(=O)N1CCc2[nH]nc(-c3ccc(Cl)cc3)c2C1. The highest BCUT2D eigenvalue weighted by Gasteiger charge is 2.28. The number of carbonyl (C=O) groups excluding carboxylic acids is 1. The van der Waals surface area contributed by atoms with Gasteiger partial charge in [0.05, 0.1) is 12.2 Å². The summed E-state index contributed by atoms with van der Waals surface area (Å²) in [7, 11) is 0. The van der Waals surface area contributed by atoms with Gasteiger partial charge in [0.2, 0.25) is 0 Å². The highest BCUT2D eigenvalue weighted by molar-refractivity contribution is 6.30. The highest BCUT2D eigenvalue weighted by atomic mass is 35.5. The van der Waals surface area contributed by atoms with E-state index < -0.39 is 5.60 Å². The molecular formula is C17H20ClN3O2. The van der Waals surface area contributed by atoms with Crippen molar-refractivity contribution in [1.82, 2.24) is 15.1 Å². The van der Waals surface area contributed by atoms with Crippen molar-refractivity contribution in [2.24, 2.45) is 0 Å². The Balaban J connectivity index is 1.84. The molecule has 0 aliphatic carbocycles. The molecule has 0 spiro atoms. The molecule has 23 heavy (non-hydrogen) atoms. The second-order valence-corrected chi connectivity index (χ2v) is 7.12. The third-order valence-corrected chi connectivity index (χ3v) is 3.95. The molecule has 1 N–H and O–H groups in total. The van der Waals surface area contributed by atoms with Gasteiger partial charge in [-0.15, -0.1) is 0 Å². The fourth-order valence-electron chi connectivity index (χ4n) is 2.62. The molecule has 0 bridgehead atoms. The molecule has 0 unspecified atom stereocenters. The van der Waals surface area contributed by atoms with Crippen molar-refractivity contribution in [2.75, 3.05) is 6.54 Å². The van der Waals surface area contributed by atoms with Crippen molar-refractivity contribution in [1.29, 1.82) is 0 Å². The monoisotopic (exact) mass is 333 g/mol. The number of carbonyl (C=O) groups is 1. The zero-order valence-corrected chi connectivity index (χ0v) is 14.3. The fourth-order valence-corrected chi connectivity index (χ4v) is 2.75. The standard InChI is InChI=1S/C17H20ClN3O2/c1-17(2,3)23-16(22)21-9-8-14-13(10-21)15(20-19-14)11-4-6-12(18)7-5-11/h4-7H,8-10H2,1-3H3,(H,19,20). The molecule has 1 aliphatic heterocycles. The minimum absolute atomic E-state index is 0.286. The number of aromatic nitrogens is 2. The van der Waals surface area contributed by atoms with Crippen LogP contribution in [0.15, 0.2) is 24.3 Å². The van der Waals surface area contributed by atoms with Crippen molar-refractivity contribution >= 4 is 17.7 Å². The zero-order valence-electron chi connectivity index (χ0n) is 13.5. The Bertz CT molecular complexity index is 716. The van der Waals surface area contributed by atoms with Crippen LogP contribution in [-0.4, -0.2) is 33.3 Å². The van der Waals surface area contributed by atoms with Crippen molar-refractivity contribution in [3.63, 3.8) is 0 Å². The van der Waals surface area contributed by atoms with Gasteiger partial charge >= 0.3 is 6.09 Å². The van der Waals surface area contributed by atoms with Gasteiger partial charge in [-0.05, 0) is 32.9 Å². The number of rotatable bonds is 1. The zero-order chi connectivity index (χ0) is 16.6. The van der Waals surface area contributed by atoms with Crippen molar-refractivity contribution in [2.45, 2.75) is 39.3 Å². The maximum absolute atomic E-state index is 12.3. The van der Waals surface area contributed by atoms with E-state index in [4.69, 9.17) is 16.3 Å². The maximum Gasteiger partial charge on any atom is 0.410 e. The molecule has 5 nitrogen and oxygen atoms in total. The summed E-state index contributed by atoms with van der Waals surface area (Å²) in [6.07, 6.45) is 0.459. The Morgan fingerprint density at radius 3 is 2.65 bits per heavy atom. The molecule has 0 saturated heterocycles. The van der Waals surface area contributed by atoms with E-state index in [-0.39, 0.29) is 6.09 Å². The van der Waals surface area contributed by atoms with E-state index in [0.717, 1.165) is 28.9 Å². The number of aromatic amines is 1. The third-order valence-electron chi connectivity index (χ3n) is 3.70. The second-order valence-electron chi connectivity index (χ2n) is 6.69. The van der Waals surface area contributed by atoms with Gasteiger partial charge in [0.15, 0.2) is 0 Å². The summed E-state index contributed by atoms with van der Waals surface area (Å²) >= 11 is 5.95. The van der Waals surface area contributed by atoms with Crippen LogP contribution in [0.5, 0.6) is 0 Å². The molecule has 0 radical (unpaired) electrons. The Labute approximate surface area is 140 Å². The number of nitrogens with zero attached hydrogens (tertiary/aromatic N) is 2. The van der Waals surface area contributed by atoms with Crippen LogP contribution < -0.4 is 0 Å². The lowest BCUT2D eigenvalue weighted by atomic mass is 10.0. The predicted octanol–water partition coefficient (Wildman–Crippen LogP) is 4.02. The van der Waals surface area contributed by atoms with Crippen LogP contribution in [0, 0.1) is 0 Å². The highest BCUT2D eigenvalue weighted by Crippen LogP contribution is 2.29. The largest absolute Gasteiger partial charge is 0.444 e. The number of hydrogen-bond donors (Lipinski definition) is 1. The van der Waals surface area contributed by atoms with Gasteiger partial charge in [-0.3, -0.25) is 5.10 Å². The van der Waals surface area contributed by atoms with Crippen LogP contribution in [0.4, 0.5) is 4.79 Å². The molecule has 1 aromatic carbocycles. The van der Waals surface area contributed by atoms with E-state index in [1.54, 1.807) is 4.90 Å². The van der Waals surface area contributed by atoms with Gasteiger partial charge in [0, 0.05) is 34.8 Å². The quantitative estimate of drug-likeness (QED) is 0.857. The van der Waals surface area contributed by atoms with Gasteiger partial charge in [-0.2, -0.15) is 5.10 Å². The first-order valence-corrected chi connectivity index (χ1v) is 8.01. The summed E-state index contributed by atoms with van der Waals surface area (Å²) in [5, 5.41) is 8.19. The number of H-pyrrole nitrogens is 1. The average molecular weight is 334 g/mol. The summed E-state index contributed by atoms with van der Waals surface area (Å²) in [4.78, 5) is 14.0. The molecule has 6 heteroatoms. The van der Waals surface area contributed by atoms with Gasteiger partial charge in [0.25, 0.3) is 0 Å². The smallest absolute Gasteiger partial charge is 0.410 e. The molecule has 1 amide bonds. The lowest BCUT2D eigenvalue weighted by Gasteiger charge is -2.30. The van der Waals surface area contributed by atoms with Gasteiger partial charge in [0.1, 0.15) is 5.60 Å². The number of benzene rings is 1. The number of hydrogen-bond acceptors (Lipinski definition) is 3. The number of halogens is 1. The van der Waals surface area contributed by atoms with Crippen LogP contribution in [0.2, 0.25) is 5.02 Å². The third kappa shape index (κ3) is 3.50. The molecule has 0 atom stereocenters. The normalized spacial score (nSPS) is 14.5. The summed E-state index contributed by atoms with van der Waals surface area (Å²) in [6, 6.07) is 7.55. The molecule has 2 aromatic rings. The molecular weight excluding hydrogens is 314 g/mol. The van der Waals surface area contributed by atoms with E-state index >= 15 is 0 Å². The lowest BCUT2D eigenvalue weighted by Crippen LogP contribution is -2.39. The van der Waals surface area contributed by atoms with E-state index in [2.05, 4.69) is 10.2 Å². The molecule has 1 aliphatic rings. The first kappa shape index (κ1) is 15.9. The maximum atomic E-state index is 12.3. The first-order chi connectivity index (χ1) is 10.8. The van der Waals surface area contributed by atoms with Crippen LogP contribution >= 0.6 is 11.6 Å². The van der Waals surface area contributed by atoms with E-state index in [0.29, 0.717) is 18.1 Å². The van der Waals surface area contributed by atoms with E-state index in [1.165, 1.54) is 0 Å². The number of ether oxygens (including phenoxy) is 1. The number of fused-ring (bicyclic) bond motifs is 1. The van der Waals surface area contributed by atoms with E-state index in [1.807, 2.05) is 45.0 Å². The fraction of sp³-hybridized carbons (Fsp3) is 0.412. The minimum atomic E-state index is -0.493. The summed E-state index contributed by atoms with van der Waals surface area (Å²) < 4.78 is 5.47. The van der Waals surface area contributed by atoms with E-state index in [9.17, 15) is 4.79 Å². The topological polar surface area (TPSA) is 58.2 Å². The molecule has 3 rings (SSSR count). The molecule has 2 heterocycles. The van der Waals surface area contributed by atoms with Crippen LogP contribution in [-0.2, 0) is 17.7 Å². The molecule has 122 valence electrons. The lowest BCUT2D eigenvalue weighted by molar-refractivity contribution is 0.0224. The summed E-state index contributed by atoms with van der Waals surface area (Å²) in [5.74, 6) is 0. The average Bonchev–Trinajstić information content (AvgIpc) is 2.89. The van der Waals surface area contributed by atoms with Gasteiger partial charge in [-0.25, -0.2) is 4.79 Å². The number of amides is 1. The predicted molar refractivity (Wildman–Crippen MR) is 89.4 cm³/mol. The Kier molecular flexibility index (Phi) is 4.06. The van der Waals surface area contributed by atoms with Crippen LogP contribution in [0.25, 0.3) is 11.3 Å². The Hall–Kier alpha value is -2.01.